The van der Waals surface area contributed by atoms with Gasteiger partial charge in [0.05, 0.1) is 0 Å². The molecule has 1 aromatic rings. The zero-order chi connectivity index (χ0) is 12.3. The molecule has 2 nitrogen and oxygen atoms in total. The first-order valence-electron chi connectivity index (χ1n) is 6.43. The number of halogens is 1. The molecule has 0 amide bonds. The molecule has 0 radical (unpaired) electrons. The second-order valence-corrected chi connectivity index (χ2v) is 5.07. The van der Waals surface area contributed by atoms with Crippen LogP contribution in [0.1, 0.15) is 30.5 Å². The summed E-state index contributed by atoms with van der Waals surface area (Å²) in [4.78, 5) is 2.56. The third kappa shape index (κ3) is 2.82. The summed E-state index contributed by atoms with van der Waals surface area (Å²) in [6.45, 7) is 8.83. The Kier molecular flexibility index (Phi) is 4.43. The van der Waals surface area contributed by atoms with E-state index in [9.17, 15) is 0 Å². The number of piperazine rings is 1. The van der Waals surface area contributed by atoms with Gasteiger partial charge in [-0.3, -0.25) is 4.90 Å². The van der Waals surface area contributed by atoms with E-state index in [1.54, 1.807) is 0 Å². The maximum Gasteiger partial charge on any atom is 0.0438 e. The van der Waals surface area contributed by atoms with Gasteiger partial charge in [0.2, 0.25) is 0 Å². The van der Waals surface area contributed by atoms with Crippen molar-refractivity contribution in [3.63, 3.8) is 0 Å². The summed E-state index contributed by atoms with van der Waals surface area (Å²) in [6.07, 6.45) is 1.14. The molecule has 2 rings (SSSR count). The quantitative estimate of drug-likeness (QED) is 0.890. The minimum Gasteiger partial charge on any atom is -0.314 e. The lowest BCUT2D eigenvalue weighted by atomic mass is 9.97. The van der Waals surface area contributed by atoms with Crippen LogP contribution < -0.4 is 5.32 Å². The van der Waals surface area contributed by atoms with Gasteiger partial charge in [0, 0.05) is 37.2 Å². The highest BCUT2D eigenvalue weighted by Gasteiger charge is 2.22. The molecule has 1 fully saturated rings. The summed E-state index contributed by atoms with van der Waals surface area (Å²) < 4.78 is 0. The third-order valence-corrected chi connectivity index (χ3v) is 4.06. The van der Waals surface area contributed by atoms with Gasteiger partial charge in [0.25, 0.3) is 0 Å². The van der Waals surface area contributed by atoms with Crippen LogP contribution in [0.25, 0.3) is 0 Å². The van der Waals surface area contributed by atoms with E-state index in [2.05, 4.69) is 36.2 Å². The lowest BCUT2D eigenvalue weighted by molar-refractivity contribution is 0.169. The van der Waals surface area contributed by atoms with Gasteiger partial charge in [0.1, 0.15) is 0 Å². The Morgan fingerprint density at radius 3 is 2.71 bits per heavy atom. The molecule has 1 aliphatic rings. The molecule has 1 atom stereocenters. The minimum absolute atomic E-state index is 0.510. The monoisotopic (exact) mass is 252 g/mol. The van der Waals surface area contributed by atoms with Crippen LogP contribution in [0.15, 0.2) is 18.2 Å². The zero-order valence-corrected chi connectivity index (χ0v) is 11.4. The van der Waals surface area contributed by atoms with Crippen molar-refractivity contribution in [2.75, 3.05) is 26.2 Å². The standard InChI is InChI=1S/C14H21ClN2/c1-3-14(17-9-7-16-8-10-17)12-5-4-6-13(15)11(12)2/h4-6,14,16H,3,7-10H2,1-2H3. The number of nitrogens with zero attached hydrogens (tertiary/aromatic N) is 1. The molecule has 94 valence electrons. The van der Waals surface area contributed by atoms with Gasteiger partial charge in [-0.15, -0.1) is 0 Å². The van der Waals surface area contributed by atoms with Crippen LogP contribution in [0.2, 0.25) is 5.02 Å². The van der Waals surface area contributed by atoms with Crippen LogP contribution in [0.3, 0.4) is 0 Å². The van der Waals surface area contributed by atoms with Crippen LogP contribution in [-0.2, 0) is 0 Å². The van der Waals surface area contributed by atoms with Crippen molar-refractivity contribution in [1.29, 1.82) is 0 Å². The summed E-state index contributed by atoms with van der Waals surface area (Å²) in [7, 11) is 0. The van der Waals surface area contributed by atoms with E-state index in [0.717, 1.165) is 37.6 Å². The van der Waals surface area contributed by atoms with Crippen molar-refractivity contribution in [1.82, 2.24) is 10.2 Å². The zero-order valence-electron chi connectivity index (χ0n) is 10.7. The fourth-order valence-corrected chi connectivity index (χ4v) is 2.84. The van der Waals surface area contributed by atoms with Gasteiger partial charge in [0.15, 0.2) is 0 Å². The summed E-state index contributed by atoms with van der Waals surface area (Å²) in [5.74, 6) is 0. The van der Waals surface area contributed by atoms with E-state index in [1.165, 1.54) is 11.1 Å². The third-order valence-electron chi connectivity index (χ3n) is 3.65. The summed E-state index contributed by atoms with van der Waals surface area (Å²) >= 11 is 6.22. The van der Waals surface area contributed by atoms with Gasteiger partial charge in [-0.2, -0.15) is 0 Å². The highest BCUT2D eigenvalue weighted by Crippen LogP contribution is 2.30. The fourth-order valence-electron chi connectivity index (χ4n) is 2.65. The molecule has 17 heavy (non-hydrogen) atoms. The molecule has 0 bridgehead atoms. The number of rotatable bonds is 3. The second kappa shape index (κ2) is 5.85. The molecule has 0 aliphatic carbocycles. The van der Waals surface area contributed by atoms with Gasteiger partial charge in [-0.1, -0.05) is 30.7 Å². The van der Waals surface area contributed by atoms with Gasteiger partial charge in [-0.25, -0.2) is 0 Å². The van der Waals surface area contributed by atoms with Crippen LogP contribution in [-0.4, -0.2) is 31.1 Å². The highest BCUT2D eigenvalue weighted by atomic mass is 35.5. The van der Waals surface area contributed by atoms with Crippen LogP contribution in [0, 0.1) is 6.92 Å². The van der Waals surface area contributed by atoms with E-state index >= 15 is 0 Å². The van der Waals surface area contributed by atoms with Crippen LogP contribution in [0.4, 0.5) is 0 Å². The number of nitrogens with one attached hydrogen (secondary N) is 1. The Hall–Kier alpha value is -0.570. The van der Waals surface area contributed by atoms with Gasteiger partial charge >= 0.3 is 0 Å². The fraction of sp³-hybridized carbons (Fsp3) is 0.571. The smallest absolute Gasteiger partial charge is 0.0438 e. The van der Waals surface area contributed by atoms with Gasteiger partial charge < -0.3 is 5.32 Å². The van der Waals surface area contributed by atoms with Crippen molar-refractivity contribution in [2.24, 2.45) is 0 Å². The SMILES string of the molecule is CCC(c1cccc(Cl)c1C)N1CCNCC1. The van der Waals surface area contributed by atoms with Gasteiger partial charge in [-0.05, 0) is 30.5 Å². The first kappa shape index (κ1) is 12.9. The van der Waals surface area contributed by atoms with E-state index in [0.29, 0.717) is 6.04 Å². The average molecular weight is 253 g/mol. The Bertz CT molecular complexity index is 372. The normalized spacial score (nSPS) is 19.2. The molecule has 3 heteroatoms. The maximum atomic E-state index is 6.22. The van der Waals surface area contributed by atoms with E-state index in [4.69, 9.17) is 11.6 Å². The van der Waals surface area contributed by atoms with Crippen LogP contribution >= 0.6 is 11.6 Å². The molecule has 1 saturated heterocycles. The second-order valence-electron chi connectivity index (χ2n) is 4.66. The Morgan fingerprint density at radius 1 is 1.35 bits per heavy atom. The van der Waals surface area contributed by atoms with E-state index < -0.39 is 0 Å². The molecule has 1 unspecified atom stereocenters. The first-order valence-corrected chi connectivity index (χ1v) is 6.81. The van der Waals surface area contributed by atoms with Crippen molar-refractivity contribution >= 4 is 11.6 Å². The number of benzene rings is 1. The molecular weight excluding hydrogens is 232 g/mol. The highest BCUT2D eigenvalue weighted by molar-refractivity contribution is 6.31. The first-order chi connectivity index (χ1) is 8.24. The molecule has 1 N–H and O–H groups in total. The Labute approximate surface area is 109 Å². The van der Waals surface area contributed by atoms with Crippen molar-refractivity contribution in [3.8, 4) is 0 Å². The number of hydrogen-bond acceptors (Lipinski definition) is 2. The summed E-state index contributed by atoms with van der Waals surface area (Å²) in [6, 6.07) is 6.77. The van der Waals surface area contributed by atoms with Crippen molar-refractivity contribution in [3.05, 3.63) is 34.3 Å². The lowest BCUT2D eigenvalue weighted by Crippen LogP contribution is -2.45. The lowest BCUT2D eigenvalue weighted by Gasteiger charge is -2.35. The summed E-state index contributed by atoms with van der Waals surface area (Å²) in [5.41, 5.74) is 2.63. The van der Waals surface area contributed by atoms with Crippen LogP contribution in [0.5, 0.6) is 0 Å². The van der Waals surface area contributed by atoms with Crippen molar-refractivity contribution < 1.29 is 0 Å². The largest absolute Gasteiger partial charge is 0.314 e. The average Bonchev–Trinajstić information content (AvgIpc) is 2.37. The minimum atomic E-state index is 0.510. The molecule has 0 aromatic heterocycles. The number of hydrogen-bond donors (Lipinski definition) is 1. The topological polar surface area (TPSA) is 15.3 Å². The molecule has 0 spiro atoms. The molecular formula is C14H21ClN2. The molecule has 0 saturated carbocycles. The molecule has 1 aliphatic heterocycles. The molecule has 1 aromatic carbocycles. The Morgan fingerprint density at radius 2 is 2.06 bits per heavy atom. The van der Waals surface area contributed by atoms with Crippen molar-refractivity contribution in [2.45, 2.75) is 26.3 Å². The Balaban J connectivity index is 2.24. The molecule has 1 heterocycles. The summed E-state index contributed by atoms with van der Waals surface area (Å²) in [5, 5.41) is 4.29. The predicted molar refractivity (Wildman–Crippen MR) is 73.7 cm³/mol. The maximum absolute atomic E-state index is 6.22. The van der Waals surface area contributed by atoms with E-state index in [-0.39, 0.29) is 0 Å². The van der Waals surface area contributed by atoms with E-state index in [1.807, 2.05) is 6.07 Å². The predicted octanol–water partition coefficient (Wildman–Crippen LogP) is 3.00.